The maximum Gasteiger partial charge on any atom is 0.330 e. The van der Waals surface area contributed by atoms with Gasteiger partial charge in [-0.3, -0.25) is 14.6 Å². The summed E-state index contributed by atoms with van der Waals surface area (Å²) >= 11 is 3.27. The fourth-order valence-corrected chi connectivity index (χ4v) is 2.90. The SMILES string of the molecule is CCOC(=O)/C=C/C(CC1CCNC1=O)NC(=O)c1cncc(Br)c1. The van der Waals surface area contributed by atoms with Crippen LogP contribution in [0.1, 0.15) is 30.1 Å². The van der Waals surface area contributed by atoms with Gasteiger partial charge in [-0.2, -0.15) is 0 Å². The summed E-state index contributed by atoms with van der Waals surface area (Å²) in [6, 6.07) is 1.18. The molecule has 1 aromatic heterocycles. The lowest BCUT2D eigenvalue weighted by Gasteiger charge is -2.18. The molecule has 25 heavy (non-hydrogen) atoms. The van der Waals surface area contributed by atoms with Crippen molar-refractivity contribution in [3.63, 3.8) is 0 Å². The number of carbonyl (C=O) groups is 3. The third kappa shape index (κ3) is 5.97. The number of hydrogen-bond acceptors (Lipinski definition) is 5. The summed E-state index contributed by atoms with van der Waals surface area (Å²) in [7, 11) is 0. The first-order chi connectivity index (χ1) is 12.0. The van der Waals surface area contributed by atoms with Crippen LogP contribution in [-0.2, 0) is 14.3 Å². The molecule has 0 aromatic carbocycles. The van der Waals surface area contributed by atoms with Crippen molar-refractivity contribution in [3.8, 4) is 0 Å². The molecule has 2 N–H and O–H groups in total. The lowest BCUT2D eigenvalue weighted by Crippen LogP contribution is -2.36. The minimum atomic E-state index is -0.484. The molecule has 1 aromatic rings. The zero-order valence-corrected chi connectivity index (χ0v) is 15.4. The molecule has 134 valence electrons. The Bertz CT molecular complexity index is 678. The molecule has 1 aliphatic heterocycles. The number of nitrogens with zero attached hydrogens (tertiary/aromatic N) is 1. The Morgan fingerprint density at radius 3 is 2.96 bits per heavy atom. The van der Waals surface area contributed by atoms with E-state index in [1.54, 1.807) is 25.3 Å². The second-order valence-electron chi connectivity index (χ2n) is 5.60. The lowest BCUT2D eigenvalue weighted by molar-refractivity contribution is -0.137. The van der Waals surface area contributed by atoms with E-state index in [1.807, 2.05) is 0 Å². The van der Waals surface area contributed by atoms with Crippen LogP contribution in [0.15, 0.2) is 35.1 Å². The molecule has 2 amide bonds. The van der Waals surface area contributed by atoms with Gasteiger partial charge in [0.25, 0.3) is 5.91 Å². The first-order valence-electron chi connectivity index (χ1n) is 8.03. The van der Waals surface area contributed by atoms with E-state index in [0.717, 1.165) is 0 Å². The highest BCUT2D eigenvalue weighted by molar-refractivity contribution is 9.10. The Morgan fingerprint density at radius 2 is 2.32 bits per heavy atom. The molecule has 2 unspecified atom stereocenters. The van der Waals surface area contributed by atoms with Gasteiger partial charge in [0.2, 0.25) is 5.91 Å². The maximum absolute atomic E-state index is 12.4. The topological polar surface area (TPSA) is 97.4 Å². The largest absolute Gasteiger partial charge is 0.463 e. The second-order valence-corrected chi connectivity index (χ2v) is 6.51. The van der Waals surface area contributed by atoms with Crippen LogP contribution in [0.2, 0.25) is 0 Å². The Hall–Kier alpha value is -2.22. The Labute approximate surface area is 154 Å². The number of carbonyl (C=O) groups excluding carboxylic acids is 3. The monoisotopic (exact) mass is 409 g/mol. The van der Waals surface area contributed by atoms with E-state index < -0.39 is 12.0 Å². The highest BCUT2D eigenvalue weighted by Gasteiger charge is 2.27. The second kappa shape index (κ2) is 9.31. The lowest BCUT2D eigenvalue weighted by atomic mass is 9.97. The molecule has 0 aliphatic carbocycles. The molecule has 0 spiro atoms. The van der Waals surface area contributed by atoms with Crippen molar-refractivity contribution in [1.29, 1.82) is 0 Å². The number of hydrogen-bond donors (Lipinski definition) is 2. The maximum atomic E-state index is 12.4. The standard InChI is InChI=1S/C17H20BrN3O4/c1-2-25-15(22)4-3-14(8-11-5-6-20-16(11)23)21-17(24)12-7-13(18)10-19-9-12/h3-4,7,9-11,14H,2,5-6,8H2,1H3,(H,20,23)(H,21,24)/b4-3+. The molecule has 8 heteroatoms. The van der Waals surface area contributed by atoms with Gasteiger partial charge in [0, 0.05) is 41.4 Å². The Balaban J connectivity index is 2.08. The van der Waals surface area contributed by atoms with Gasteiger partial charge < -0.3 is 15.4 Å². The molecule has 0 saturated carbocycles. The van der Waals surface area contributed by atoms with E-state index >= 15 is 0 Å². The smallest absolute Gasteiger partial charge is 0.330 e. The summed E-state index contributed by atoms with van der Waals surface area (Å²) in [6.07, 6.45) is 6.99. The quantitative estimate of drug-likeness (QED) is 0.526. The van der Waals surface area contributed by atoms with Crippen LogP contribution >= 0.6 is 15.9 Å². The molecule has 0 radical (unpaired) electrons. The molecule has 1 aliphatic rings. The molecule has 2 rings (SSSR count). The molecule has 2 atom stereocenters. The van der Waals surface area contributed by atoms with Crippen molar-refractivity contribution in [2.24, 2.45) is 5.92 Å². The van der Waals surface area contributed by atoms with Crippen molar-refractivity contribution in [2.75, 3.05) is 13.2 Å². The number of pyridine rings is 1. The number of ether oxygens (including phenoxy) is 1. The minimum absolute atomic E-state index is 0.0343. The van der Waals surface area contributed by atoms with E-state index in [-0.39, 0.29) is 24.3 Å². The van der Waals surface area contributed by atoms with Crippen LogP contribution < -0.4 is 10.6 Å². The van der Waals surface area contributed by atoms with Crippen molar-refractivity contribution in [1.82, 2.24) is 15.6 Å². The molecule has 0 bridgehead atoms. The van der Waals surface area contributed by atoms with Gasteiger partial charge in [-0.05, 0) is 41.8 Å². The van der Waals surface area contributed by atoms with Crippen LogP contribution in [0.25, 0.3) is 0 Å². The Kier molecular flexibility index (Phi) is 7.12. The third-order valence-electron chi connectivity index (χ3n) is 3.74. The molecule has 7 nitrogen and oxygen atoms in total. The van der Waals surface area contributed by atoms with Crippen LogP contribution in [0.4, 0.5) is 0 Å². The van der Waals surface area contributed by atoms with Gasteiger partial charge in [-0.15, -0.1) is 0 Å². The van der Waals surface area contributed by atoms with Gasteiger partial charge in [0.1, 0.15) is 0 Å². The van der Waals surface area contributed by atoms with Gasteiger partial charge >= 0.3 is 5.97 Å². The summed E-state index contributed by atoms with van der Waals surface area (Å²) in [5.41, 5.74) is 0.389. The van der Waals surface area contributed by atoms with Crippen LogP contribution in [0.5, 0.6) is 0 Å². The van der Waals surface area contributed by atoms with Gasteiger partial charge in [-0.1, -0.05) is 6.08 Å². The number of nitrogens with one attached hydrogen (secondary N) is 2. The van der Waals surface area contributed by atoms with Crippen LogP contribution in [0, 0.1) is 5.92 Å². The molecular formula is C17H20BrN3O4. The van der Waals surface area contributed by atoms with Crippen molar-refractivity contribution < 1.29 is 19.1 Å². The number of esters is 1. The van der Waals surface area contributed by atoms with Crippen molar-refractivity contribution in [2.45, 2.75) is 25.8 Å². The summed E-state index contributed by atoms with van der Waals surface area (Å²) in [5, 5.41) is 5.60. The van der Waals surface area contributed by atoms with Gasteiger partial charge in [-0.25, -0.2) is 4.79 Å². The molecule has 1 fully saturated rings. The van der Waals surface area contributed by atoms with Crippen molar-refractivity contribution in [3.05, 3.63) is 40.6 Å². The fourth-order valence-electron chi connectivity index (χ4n) is 2.53. The number of rotatable bonds is 7. The summed E-state index contributed by atoms with van der Waals surface area (Å²) < 4.78 is 5.54. The average molecular weight is 410 g/mol. The first-order valence-corrected chi connectivity index (χ1v) is 8.83. The van der Waals surface area contributed by atoms with Gasteiger partial charge in [0.15, 0.2) is 0 Å². The van der Waals surface area contributed by atoms with Crippen LogP contribution in [-0.4, -0.2) is 42.0 Å². The van der Waals surface area contributed by atoms with E-state index in [1.165, 1.54) is 12.3 Å². The minimum Gasteiger partial charge on any atom is -0.463 e. The molecule has 1 saturated heterocycles. The highest BCUT2D eigenvalue weighted by atomic mass is 79.9. The average Bonchev–Trinajstić information content (AvgIpc) is 2.98. The summed E-state index contributed by atoms with van der Waals surface area (Å²) in [6.45, 7) is 2.62. The van der Waals surface area contributed by atoms with E-state index in [4.69, 9.17) is 4.74 Å². The zero-order valence-electron chi connectivity index (χ0n) is 13.8. The fraction of sp³-hybridized carbons (Fsp3) is 0.412. The normalized spacial score (nSPS) is 18.0. The number of amides is 2. The zero-order chi connectivity index (χ0) is 18.2. The predicted molar refractivity (Wildman–Crippen MR) is 94.7 cm³/mol. The van der Waals surface area contributed by atoms with E-state index in [2.05, 4.69) is 31.5 Å². The number of aromatic nitrogens is 1. The predicted octanol–water partition coefficient (Wildman–Crippen LogP) is 1.59. The molecule has 2 heterocycles. The summed E-state index contributed by atoms with van der Waals surface area (Å²) in [4.78, 5) is 39.7. The first kappa shape index (κ1) is 19.1. The molecular weight excluding hydrogens is 390 g/mol. The third-order valence-corrected chi connectivity index (χ3v) is 4.17. The van der Waals surface area contributed by atoms with Crippen molar-refractivity contribution >= 4 is 33.7 Å². The van der Waals surface area contributed by atoms with E-state index in [9.17, 15) is 14.4 Å². The van der Waals surface area contributed by atoms with Gasteiger partial charge in [0.05, 0.1) is 12.2 Å². The number of halogens is 1. The van der Waals surface area contributed by atoms with Crippen LogP contribution in [0.3, 0.4) is 0 Å². The van der Waals surface area contributed by atoms with E-state index in [0.29, 0.717) is 29.4 Å². The highest BCUT2D eigenvalue weighted by Crippen LogP contribution is 2.17. The Morgan fingerprint density at radius 1 is 1.52 bits per heavy atom. The summed E-state index contributed by atoms with van der Waals surface area (Å²) in [5.74, 6) is -1.04.